The zero-order chi connectivity index (χ0) is 6.78. The van der Waals surface area contributed by atoms with Crippen molar-refractivity contribution in [1.82, 2.24) is 4.57 Å². The molecule has 0 aromatic heterocycles. The topological polar surface area (TPSA) is 3.24 Å². The fraction of sp³-hybridized carbons (Fsp3) is 0.600. The fourth-order valence-corrected chi connectivity index (χ4v) is 0.548. The van der Waals surface area contributed by atoms with Crippen LogP contribution in [0.5, 0.6) is 0 Å². The van der Waals surface area contributed by atoms with E-state index in [0.29, 0.717) is 0 Å². The predicted molar refractivity (Wildman–Crippen MR) is 41.4 cm³/mol. The lowest BCUT2D eigenvalue weighted by Gasteiger charge is -2.22. The number of hydrogen-bond acceptors (Lipinski definition) is 1. The molecule has 1 nitrogen and oxygen atoms in total. The summed E-state index contributed by atoms with van der Waals surface area (Å²) in [6, 6.07) is 0. The smallest absolute Gasteiger partial charge is 0.249 e. The van der Waals surface area contributed by atoms with Crippen molar-refractivity contribution < 1.29 is 0 Å². The highest BCUT2D eigenvalue weighted by atomic mass is 35.6. The minimum atomic E-state index is -1.69. The van der Waals surface area contributed by atoms with E-state index >= 15 is 0 Å². The maximum atomic E-state index is 6.00. The van der Waals surface area contributed by atoms with E-state index < -0.39 is 7.55 Å². The van der Waals surface area contributed by atoms with Crippen molar-refractivity contribution in [3.05, 3.63) is 12.3 Å². The molecule has 3 heteroatoms. The van der Waals surface area contributed by atoms with E-state index in [2.05, 4.69) is 6.58 Å². The fourth-order valence-electron chi connectivity index (χ4n) is 0.183. The molecule has 0 N–H and O–H groups in total. The molecule has 0 aromatic carbocycles. The monoisotopic (exact) mass is 149 g/mol. The largest absolute Gasteiger partial charge is 0.314 e. The lowest BCUT2D eigenvalue weighted by atomic mass is 11.2. The molecule has 0 saturated heterocycles. The first-order chi connectivity index (χ1) is 3.50. The van der Waals surface area contributed by atoms with Gasteiger partial charge in [0.25, 0.3) is 0 Å². The molecule has 48 valence electrons. The van der Waals surface area contributed by atoms with Gasteiger partial charge in [-0.1, -0.05) is 5.70 Å². The van der Waals surface area contributed by atoms with E-state index in [1.54, 1.807) is 0 Å². The Morgan fingerprint density at radius 2 is 2.00 bits per heavy atom. The van der Waals surface area contributed by atoms with Gasteiger partial charge in [0, 0.05) is 0 Å². The third kappa shape index (κ3) is 1.99. The van der Waals surface area contributed by atoms with Crippen molar-refractivity contribution in [2.45, 2.75) is 6.55 Å². The van der Waals surface area contributed by atoms with E-state index in [0.717, 1.165) is 0 Å². The first kappa shape index (κ1) is 8.21. The van der Waals surface area contributed by atoms with Crippen LogP contribution < -0.4 is 0 Å². The van der Waals surface area contributed by atoms with Gasteiger partial charge in [0.1, 0.15) is 0 Å². The van der Waals surface area contributed by atoms with Gasteiger partial charge in [0.05, 0.1) is 0 Å². The van der Waals surface area contributed by atoms with Crippen molar-refractivity contribution in [2.24, 2.45) is 0 Å². The van der Waals surface area contributed by atoms with Crippen LogP contribution in [-0.2, 0) is 0 Å². The van der Waals surface area contributed by atoms with Gasteiger partial charge in [-0.3, -0.25) is 0 Å². The standard InChI is InChI=1S/C5H12ClNSi/c1-5-8(4,6)7(2)3/h5H,1H2,2-4H3. The Bertz CT molecular complexity index is 90.4. The second-order valence-corrected chi connectivity index (χ2v) is 7.77. The molecule has 0 fully saturated rings. The Morgan fingerprint density at radius 1 is 1.62 bits per heavy atom. The molecule has 0 aliphatic heterocycles. The van der Waals surface area contributed by atoms with Gasteiger partial charge in [-0.15, -0.1) is 17.7 Å². The Morgan fingerprint density at radius 3 is 2.00 bits per heavy atom. The third-order valence-electron chi connectivity index (χ3n) is 1.25. The summed E-state index contributed by atoms with van der Waals surface area (Å²) in [5, 5.41) is 0. The van der Waals surface area contributed by atoms with Crippen molar-refractivity contribution >= 4 is 18.6 Å². The summed E-state index contributed by atoms with van der Waals surface area (Å²) in [4.78, 5) is 0. The lowest BCUT2D eigenvalue weighted by molar-refractivity contribution is 0.645. The average molecular weight is 150 g/mol. The van der Waals surface area contributed by atoms with Gasteiger partial charge < -0.3 is 4.57 Å². The van der Waals surface area contributed by atoms with Gasteiger partial charge in [-0.25, -0.2) is 0 Å². The second-order valence-electron chi connectivity index (χ2n) is 2.12. The highest BCUT2D eigenvalue weighted by molar-refractivity contribution is 7.20. The Balaban J connectivity index is 3.90. The minimum absolute atomic E-state index is 1.69. The van der Waals surface area contributed by atoms with E-state index in [1.807, 2.05) is 30.9 Å². The SMILES string of the molecule is C=C[Si](C)(Cl)N(C)C. The predicted octanol–water partition coefficient (Wildman–Crippen LogP) is 1.58. The molecule has 0 aliphatic carbocycles. The Kier molecular flexibility index (Phi) is 2.73. The number of hydrogen-bond donors (Lipinski definition) is 0. The van der Waals surface area contributed by atoms with Crippen molar-refractivity contribution in [2.75, 3.05) is 14.1 Å². The first-order valence-electron chi connectivity index (χ1n) is 2.50. The normalized spacial score (nSPS) is 18.1. The van der Waals surface area contributed by atoms with Crippen molar-refractivity contribution in [3.63, 3.8) is 0 Å². The first-order valence-corrected chi connectivity index (χ1v) is 6.04. The maximum Gasteiger partial charge on any atom is 0.249 e. The molecule has 8 heavy (non-hydrogen) atoms. The highest BCUT2D eigenvalue weighted by Crippen LogP contribution is 2.10. The van der Waals surface area contributed by atoms with Crippen LogP contribution in [0.1, 0.15) is 0 Å². The number of rotatable bonds is 2. The molecule has 0 saturated carbocycles. The zero-order valence-corrected chi connectivity index (χ0v) is 7.37. The molecule has 0 radical (unpaired) electrons. The average Bonchev–Trinajstić information content (AvgIpc) is 1.67. The summed E-state index contributed by atoms with van der Waals surface area (Å²) in [6.07, 6.45) is 0. The van der Waals surface area contributed by atoms with Crippen molar-refractivity contribution in [1.29, 1.82) is 0 Å². The molecule has 1 atom stereocenters. The summed E-state index contributed by atoms with van der Waals surface area (Å²) >= 11 is 6.00. The number of halogens is 1. The lowest BCUT2D eigenvalue weighted by Crippen LogP contribution is -2.38. The van der Waals surface area contributed by atoms with Crippen LogP contribution in [0.2, 0.25) is 6.55 Å². The van der Waals surface area contributed by atoms with E-state index in [1.165, 1.54) is 0 Å². The van der Waals surface area contributed by atoms with Crippen LogP contribution >= 0.6 is 11.1 Å². The van der Waals surface area contributed by atoms with E-state index in [9.17, 15) is 0 Å². The van der Waals surface area contributed by atoms with E-state index in [4.69, 9.17) is 11.1 Å². The summed E-state index contributed by atoms with van der Waals surface area (Å²) in [5.41, 5.74) is 1.84. The molecule has 0 heterocycles. The summed E-state index contributed by atoms with van der Waals surface area (Å²) < 4.78 is 2.03. The Labute approximate surface area is 56.7 Å². The number of nitrogens with zero attached hydrogens (tertiary/aromatic N) is 1. The molecular weight excluding hydrogens is 138 g/mol. The van der Waals surface area contributed by atoms with Crippen LogP contribution in [0.25, 0.3) is 0 Å². The molecule has 0 aliphatic rings. The zero-order valence-electron chi connectivity index (χ0n) is 5.61. The van der Waals surface area contributed by atoms with Gasteiger partial charge in [0.2, 0.25) is 7.55 Å². The Hall–Kier alpha value is 0.207. The summed E-state index contributed by atoms with van der Waals surface area (Å²) in [5.74, 6) is 0. The van der Waals surface area contributed by atoms with Crippen LogP contribution in [0, 0.1) is 0 Å². The molecule has 1 unspecified atom stereocenters. The molecular formula is C5H12ClNSi. The van der Waals surface area contributed by atoms with Crippen LogP contribution in [0.3, 0.4) is 0 Å². The van der Waals surface area contributed by atoms with Crippen LogP contribution in [0.4, 0.5) is 0 Å². The van der Waals surface area contributed by atoms with Crippen molar-refractivity contribution in [3.8, 4) is 0 Å². The molecule has 0 amide bonds. The second kappa shape index (κ2) is 2.67. The summed E-state index contributed by atoms with van der Waals surface area (Å²) in [6.45, 7) is 5.67. The van der Waals surface area contributed by atoms with Gasteiger partial charge in [0.15, 0.2) is 0 Å². The van der Waals surface area contributed by atoms with Gasteiger partial charge in [-0.2, -0.15) is 0 Å². The van der Waals surface area contributed by atoms with Gasteiger partial charge >= 0.3 is 0 Å². The van der Waals surface area contributed by atoms with E-state index in [-0.39, 0.29) is 0 Å². The van der Waals surface area contributed by atoms with Crippen LogP contribution in [0.15, 0.2) is 12.3 Å². The third-order valence-corrected chi connectivity index (χ3v) is 5.22. The maximum absolute atomic E-state index is 6.00. The van der Waals surface area contributed by atoms with Gasteiger partial charge in [-0.05, 0) is 20.6 Å². The molecule has 0 aromatic rings. The highest BCUT2D eigenvalue weighted by Gasteiger charge is 2.22. The minimum Gasteiger partial charge on any atom is -0.314 e. The molecule has 0 bridgehead atoms. The van der Waals surface area contributed by atoms with Crippen LogP contribution in [-0.4, -0.2) is 26.2 Å². The summed E-state index contributed by atoms with van der Waals surface area (Å²) in [7, 11) is 2.26. The quantitative estimate of drug-likeness (QED) is 0.426. The molecule has 0 rings (SSSR count). The molecule has 0 spiro atoms.